The molecule has 0 saturated carbocycles. The van der Waals surface area contributed by atoms with E-state index in [4.69, 9.17) is 11.6 Å². The van der Waals surface area contributed by atoms with Crippen molar-refractivity contribution in [3.8, 4) is 0 Å². The Morgan fingerprint density at radius 1 is 0.900 bits per heavy atom. The van der Waals surface area contributed by atoms with Crippen molar-refractivity contribution in [2.75, 3.05) is 0 Å². The molecule has 3 aromatic carbocycles. The van der Waals surface area contributed by atoms with Crippen LogP contribution in [0.15, 0.2) is 66.7 Å². The van der Waals surface area contributed by atoms with Crippen molar-refractivity contribution >= 4 is 34.2 Å². The number of ketones is 2. The maximum absolute atomic E-state index is 13.7. The monoisotopic (exact) mass is 424 g/mol. The van der Waals surface area contributed by atoms with Gasteiger partial charge in [-0.15, -0.1) is 11.6 Å². The average Bonchev–Trinajstić information content (AvgIpc) is 3.16. The molecule has 0 fully saturated rings. The fourth-order valence-electron chi connectivity index (χ4n) is 3.31. The SMILES string of the molecule is O=C(c1cc(F)cc(F)c1)C(C(=O)c1cccc(CCl)c1)c1nc2ccccc2[nH]1. The van der Waals surface area contributed by atoms with E-state index in [0.717, 1.165) is 12.1 Å². The van der Waals surface area contributed by atoms with Gasteiger partial charge in [-0.2, -0.15) is 0 Å². The van der Waals surface area contributed by atoms with Gasteiger partial charge in [0.15, 0.2) is 11.6 Å². The van der Waals surface area contributed by atoms with Crippen LogP contribution < -0.4 is 0 Å². The lowest BCUT2D eigenvalue weighted by molar-refractivity contribution is 0.0855. The number of nitrogens with one attached hydrogen (secondary N) is 1. The molecule has 0 aliphatic rings. The van der Waals surface area contributed by atoms with Gasteiger partial charge in [0.2, 0.25) is 0 Å². The summed E-state index contributed by atoms with van der Waals surface area (Å²) >= 11 is 5.87. The van der Waals surface area contributed by atoms with E-state index in [0.29, 0.717) is 22.7 Å². The number of para-hydroxylation sites is 2. The zero-order valence-corrected chi connectivity index (χ0v) is 16.3. The third-order valence-electron chi connectivity index (χ3n) is 4.72. The zero-order valence-electron chi connectivity index (χ0n) is 15.5. The largest absolute Gasteiger partial charge is 0.341 e. The first-order valence-electron chi connectivity index (χ1n) is 9.10. The van der Waals surface area contributed by atoms with Gasteiger partial charge in [-0.05, 0) is 35.9 Å². The minimum Gasteiger partial charge on any atom is -0.341 e. The van der Waals surface area contributed by atoms with E-state index >= 15 is 0 Å². The third kappa shape index (κ3) is 3.86. The molecule has 1 unspecified atom stereocenters. The normalized spacial score (nSPS) is 12.1. The van der Waals surface area contributed by atoms with Crippen LogP contribution in [0.5, 0.6) is 0 Å². The Morgan fingerprint density at radius 3 is 2.30 bits per heavy atom. The molecule has 1 aromatic heterocycles. The number of Topliss-reactive ketones (excluding diaryl/α,β-unsaturated/α-hetero) is 2. The fourth-order valence-corrected chi connectivity index (χ4v) is 3.48. The second-order valence-electron chi connectivity index (χ2n) is 6.79. The molecule has 0 radical (unpaired) electrons. The molecule has 0 spiro atoms. The van der Waals surface area contributed by atoms with Crippen molar-refractivity contribution in [2.24, 2.45) is 0 Å². The van der Waals surface area contributed by atoms with E-state index in [1.54, 1.807) is 48.5 Å². The number of carbonyl (C=O) groups excluding carboxylic acids is 2. The van der Waals surface area contributed by atoms with Crippen LogP contribution in [0.3, 0.4) is 0 Å². The maximum atomic E-state index is 13.7. The van der Waals surface area contributed by atoms with Crippen LogP contribution in [0.2, 0.25) is 0 Å². The molecule has 1 N–H and O–H groups in total. The highest BCUT2D eigenvalue weighted by molar-refractivity contribution is 6.20. The van der Waals surface area contributed by atoms with E-state index < -0.39 is 29.1 Å². The summed E-state index contributed by atoms with van der Waals surface area (Å²) in [5, 5.41) is 0. The molecule has 7 heteroatoms. The molecule has 4 nitrogen and oxygen atoms in total. The van der Waals surface area contributed by atoms with Crippen LogP contribution in [0.4, 0.5) is 8.78 Å². The lowest BCUT2D eigenvalue weighted by Gasteiger charge is -2.14. The third-order valence-corrected chi connectivity index (χ3v) is 5.03. The summed E-state index contributed by atoms with van der Waals surface area (Å²) in [6, 6.07) is 16.1. The first-order chi connectivity index (χ1) is 14.5. The summed E-state index contributed by atoms with van der Waals surface area (Å²) in [5.74, 6) is -4.21. The molecule has 0 bridgehead atoms. The van der Waals surface area contributed by atoms with Crippen LogP contribution in [-0.2, 0) is 5.88 Å². The molecular weight excluding hydrogens is 410 g/mol. The summed E-state index contributed by atoms with van der Waals surface area (Å²) < 4.78 is 27.5. The number of H-pyrrole nitrogens is 1. The lowest BCUT2D eigenvalue weighted by Crippen LogP contribution is -2.24. The van der Waals surface area contributed by atoms with E-state index in [1.807, 2.05) is 0 Å². The van der Waals surface area contributed by atoms with Crippen molar-refractivity contribution < 1.29 is 18.4 Å². The molecule has 0 saturated heterocycles. The van der Waals surface area contributed by atoms with Crippen molar-refractivity contribution in [3.63, 3.8) is 0 Å². The number of benzene rings is 3. The molecule has 0 amide bonds. The highest BCUT2D eigenvalue weighted by Gasteiger charge is 2.33. The molecule has 0 aliphatic carbocycles. The van der Waals surface area contributed by atoms with Crippen molar-refractivity contribution in [3.05, 3.63) is 101 Å². The van der Waals surface area contributed by atoms with Crippen LogP contribution in [0.1, 0.15) is 38.0 Å². The van der Waals surface area contributed by atoms with Gasteiger partial charge in [-0.3, -0.25) is 9.59 Å². The topological polar surface area (TPSA) is 62.8 Å². The number of alkyl halides is 1. The molecule has 1 heterocycles. The average molecular weight is 425 g/mol. The van der Waals surface area contributed by atoms with Crippen molar-refractivity contribution in [2.45, 2.75) is 11.8 Å². The molecular formula is C23H15ClF2N2O2. The van der Waals surface area contributed by atoms with E-state index in [1.165, 1.54) is 0 Å². The molecule has 30 heavy (non-hydrogen) atoms. The number of carbonyl (C=O) groups is 2. The number of hydrogen-bond acceptors (Lipinski definition) is 3. The quantitative estimate of drug-likeness (QED) is 0.255. The fraction of sp³-hybridized carbons (Fsp3) is 0.0870. The predicted molar refractivity (Wildman–Crippen MR) is 110 cm³/mol. The van der Waals surface area contributed by atoms with E-state index in [2.05, 4.69) is 9.97 Å². The zero-order chi connectivity index (χ0) is 21.3. The Kier molecular flexibility index (Phi) is 5.42. The number of aromatic nitrogens is 2. The molecule has 1 atom stereocenters. The Balaban J connectivity index is 1.85. The van der Waals surface area contributed by atoms with Gasteiger partial charge in [-0.1, -0.05) is 30.3 Å². The minimum absolute atomic E-state index is 0.104. The summed E-state index contributed by atoms with van der Waals surface area (Å²) in [7, 11) is 0. The van der Waals surface area contributed by atoms with Gasteiger partial charge < -0.3 is 4.98 Å². The Bertz CT molecular complexity index is 1220. The summed E-state index contributed by atoms with van der Waals surface area (Å²) in [6.07, 6.45) is 0. The van der Waals surface area contributed by atoms with Crippen molar-refractivity contribution in [1.29, 1.82) is 0 Å². The van der Waals surface area contributed by atoms with Gasteiger partial charge in [0.25, 0.3) is 0 Å². The number of hydrogen-bond donors (Lipinski definition) is 1. The van der Waals surface area contributed by atoms with Crippen LogP contribution in [-0.4, -0.2) is 21.5 Å². The van der Waals surface area contributed by atoms with Crippen molar-refractivity contribution in [1.82, 2.24) is 9.97 Å². The van der Waals surface area contributed by atoms with Gasteiger partial charge >= 0.3 is 0 Å². The molecule has 4 rings (SSSR count). The van der Waals surface area contributed by atoms with Gasteiger partial charge in [-0.25, -0.2) is 13.8 Å². The number of aromatic amines is 1. The van der Waals surface area contributed by atoms with Gasteiger partial charge in [0, 0.05) is 23.1 Å². The second-order valence-corrected chi connectivity index (χ2v) is 7.06. The molecule has 4 aromatic rings. The molecule has 0 aliphatic heterocycles. The number of fused-ring (bicyclic) bond motifs is 1. The maximum Gasteiger partial charge on any atom is 0.181 e. The highest BCUT2D eigenvalue weighted by Crippen LogP contribution is 2.27. The number of imidazole rings is 1. The molecule has 150 valence electrons. The van der Waals surface area contributed by atoms with Crippen LogP contribution >= 0.6 is 11.6 Å². The highest BCUT2D eigenvalue weighted by atomic mass is 35.5. The predicted octanol–water partition coefficient (Wildman–Crippen LogP) is 5.43. The minimum atomic E-state index is -1.40. The lowest BCUT2D eigenvalue weighted by atomic mass is 9.89. The van der Waals surface area contributed by atoms with Crippen LogP contribution in [0.25, 0.3) is 11.0 Å². The van der Waals surface area contributed by atoms with E-state index in [-0.39, 0.29) is 22.8 Å². The van der Waals surface area contributed by atoms with Gasteiger partial charge in [0.05, 0.1) is 11.0 Å². The number of rotatable bonds is 6. The standard InChI is InChI=1S/C23H15ClF2N2O2/c24-12-13-4-3-5-14(8-13)21(29)20(22(30)15-9-16(25)11-17(26)10-15)23-27-18-6-1-2-7-19(18)28-23/h1-11,20H,12H2,(H,27,28). The first kappa shape index (κ1) is 19.9. The Labute approximate surface area is 175 Å². The van der Waals surface area contributed by atoms with E-state index in [9.17, 15) is 18.4 Å². The number of nitrogens with zero attached hydrogens (tertiary/aromatic N) is 1. The second kappa shape index (κ2) is 8.16. The summed E-state index contributed by atoms with van der Waals surface area (Å²) in [6.45, 7) is 0. The summed E-state index contributed by atoms with van der Waals surface area (Å²) in [4.78, 5) is 34.0. The van der Waals surface area contributed by atoms with Crippen LogP contribution in [0, 0.1) is 11.6 Å². The Hall–Kier alpha value is -3.38. The van der Waals surface area contributed by atoms with Gasteiger partial charge in [0.1, 0.15) is 23.4 Å². The number of halogens is 3. The summed E-state index contributed by atoms with van der Waals surface area (Å²) in [5.41, 5.74) is 1.91. The smallest absolute Gasteiger partial charge is 0.181 e. The first-order valence-corrected chi connectivity index (χ1v) is 9.64. The Morgan fingerprint density at radius 2 is 1.60 bits per heavy atom.